The van der Waals surface area contributed by atoms with Crippen molar-refractivity contribution in [2.45, 2.75) is 31.2 Å². The normalized spacial score (nSPS) is 17.0. The monoisotopic (exact) mass is 529 g/mol. The first-order valence-electron chi connectivity index (χ1n) is 11.3. The molecule has 0 radical (unpaired) electrons. The summed E-state index contributed by atoms with van der Waals surface area (Å²) in [4.78, 5) is 20.5. The number of piperidine rings is 1. The Labute approximate surface area is 213 Å². The quantitative estimate of drug-likeness (QED) is 0.330. The number of sulfonamides is 1. The van der Waals surface area contributed by atoms with E-state index in [2.05, 4.69) is 0 Å². The maximum Gasteiger partial charge on any atom is 0.243 e. The van der Waals surface area contributed by atoms with Gasteiger partial charge in [-0.2, -0.15) is 4.31 Å². The van der Waals surface area contributed by atoms with Crippen molar-refractivity contribution in [2.24, 2.45) is 5.92 Å². The van der Waals surface area contributed by atoms with Crippen LogP contribution in [0.25, 0.3) is 10.2 Å². The van der Waals surface area contributed by atoms with Crippen LogP contribution in [0.2, 0.25) is 5.02 Å². The molecular weight excluding hydrogens is 506 g/mol. The highest BCUT2D eigenvalue weighted by Gasteiger charge is 2.36. The van der Waals surface area contributed by atoms with E-state index in [1.807, 2.05) is 25.1 Å². The number of aromatic nitrogens is 1. The van der Waals surface area contributed by atoms with Gasteiger partial charge in [0.2, 0.25) is 15.9 Å². The molecule has 3 heterocycles. The number of anilines is 1. The van der Waals surface area contributed by atoms with Gasteiger partial charge in [-0.15, -0.1) is 0 Å². The molecule has 2 aromatic carbocycles. The fraction of sp³-hybridized carbons (Fsp3) is 0.280. The minimum Gasteiger partial charge on any atom is -0.467 e. The van der Waals surface area contributed by atoms with Crippen LogP contribution in [0.15, 0.2) is 70.2 Å². The summed E-state index contributed by atoms with van der Waals surface area (Å²) in [6.07, 6.45) is 2.77. The van der Waals surface area contributed by atoms with E-state index in [9.17, 15) is 13.2 Å². The predicted octanol–water partition coefficient (Wildman–Crippen LogP) is 5.49. The molecule has 0 saturated carbocycles. The number of furan rings is 1. The van der Waals surface area contributed by atoms with Crippen LogP contribution in [0.5, 0.6) is 0 Å². The molecule has 0 aliphatic carbocycles. The maximum atomic E-state index is 13.9. The Hall–Kier alpha value is -2.72. The molecule has 0 N–H and O–H groups in total. The molecular formula is C25H24ClN3O4S2. The van der Waals surface area contributed by atoms with E-state index in [4.69, 9.17) is 21.0 Å². The number of hydrogen-bond acceptors (Lipinski definition) is 6. The fourth-order valence-electron chi connectivity index (χ4n) is 4.33. The van der Waals surface area contributed by atoms with Gasteiger partial charge in [-0.25, -0.2) is 13.4 Å². The molecule has 0 bridgehead atoms. The Bertz CT molecular complexity index is 1450. The van der Waals surface area contributed by atoms with Crippen LogP contribution in [0.4, 0.5) is 5.13 Å². The van der Waals surface area contributed by atoms with Crippen LogP contribution in [0.3, 0.4) is 0 Å². The zero-order valence-electron chi connectivity index (χ0n) is 19.1. The van der Waals surface area contributed by atoms with Crippen LogP contribution < -0.4 is 4.90 Å². The Morgan fingerprint density at radius 1 is 1.20 bits per heavy atom. The molecule has 5 rings (SSSR count). The summed E-state index contributed by atoms with van der Waals surface area (Å²) < 4.78 is 34.3. The number of benzene rings is 2. The van der Waals surface area contributed by atoms with Gasteiger partial charge in [0.25, 0.3) is 0 Å². The van der Waals surface area contributed by atoms with Gasteiger partial charge >= 0.3 is 0 Å². The molecule has 1 unspecified atom stereocenters. The summed E-state index contributed by atoms with van der Waals surface area (Å²) >= 11 is 7.70. The van der Waals surface area contributed by atoms with Crippen LogP contribution in [0.1, 0.15) is 24.2 Å². The van der Waals surface area contributed by atoms with Gasteiger partial charge in [0.1, 0.15) is 5.76 Å². The second-order valence-electron chi connectivity index (χ2n) is 8.53. The third kappa shape index (κ3) is 4.73. The third-order valence-corrected chi connectivity index (χ3v) is 9.57. The zero-order chi connectivity index (χ0) is 24.6. The predicted molar refractivity (Wildman–Crippen MR) is 137 cm³/mol. The summed E-state index contributed by atoms with van der Waals surface area (Å²) in [6.45, 7) is 2.62. The molecule has 1 saturated heterocycles. The van der Waals surface area contributed by atoms with Crippen LogP contribution in [-0.2, 0) is 21.4 Å². The number of rotatable bonds is 6. The van der Waals surface area contributed by atoms with E-state index in [-0.39, 0.29) is 23.9 Å². The highest BCUT2D eigenvalue weighted by atomic mass is 35.5. The third-order valence-electron chi connectivity index (χ3n) is 6.24. The Balaban J connectivity index is 1.46. The van der Waals surface area contributed by atoms with Gasteiger partial charge in [-0.05, 0) is 61.7 Å². The van der Waals surface area contributed by atoms with E-state index in [0.29, 0.717) is 35.3 Å². The molecule has 1 amide bonds. The number of amides is 1. The van der Waals surface area contributed by atoms with Crippen molar-refractivity contribution in [3.8, 4) is 0 Å². The van der Waals surface area contributed by atoms with Gasteiger partial charge < -0.3 is 4.42 Å². The first-order valence-corrected chi connectivity index (χ1v) is 13.9. The summed E-state index contributed by atoms with van der Waals surface area (Å²) in [5.41, 5.74) is 1.61. The van der Waals surface area contributed by atoms with E-state index < -0.39 is 15.9 Å². The molecule has 35 heavy (non-hydrogen) atoms. The smallest absolute Gasteiger partial charge is 0.243 e. The molecule has 4 aromatic rings. The lowest BCUT2D eigenvalue weighted by Crippen LogP contribution is -2.46. The summed E-state index contributed by atoms with van der Waals surface area (Å²) in [5.74, 6) is -0.0389. The number of carbonyl (C=O) groups excluding carboxylic acids is 1. The second kappa shape index (κ2) is 9.73. The van der Waals surface area contributed by atoms with Crippen molar-refractivity contribution in [3.63, 3.8) is 0 Å². The molecule has 1 fully saturated rings. The van der Waals surface area contributed by atoms with Gasteiger partial charge in [-0.3, -0.25) is 9.69 Å². The lowest BCUT2D eigenvalue weighted by atomic mass is 9.98. The maximum absolute atomic E-state index is 13.9. The number of nitrogens with zero attached hydrogens (tertiary/aromatic N) is 3. The number of thiazole rings is 1. The van der Waals surface area contributed by atoms with Crippen LogP contribution in [-0.4, -0.2) is 36.7 Å². The van der Waals surface area contributed by atoms with Crippen LogP contribution in [0, 0.1) is 12.8 Å². The van der Waals surface area contributed by atoms with Gasteiger partial charge in [0.15, 0.2) is 5.13 Å². The Kier molecular flexibility index (Phi) is 6.67. The number of hydrogen-bond donors (Lipinski definition) is 0. The fourth-order valence-corrected chi connectivity index (χ4v) is 7.05. The lowest BCUT2D eigenvalue weighted by molar-refractivity contribution is -0.123. The highest BCUT2D eigenvalue weighted by Crippen LogP contribution is 2.36. The second-order valence-corrected chi connectivity index (χ2v) is 11.9. The molecule has 2 aromatic heterocycles. The molecule has 10 heteroatoms. The van der Waals surface area contributed by atoms with E-state index in [1.54, 1.807) is 47.6 Å². The van der Waals surface area contributed by atoms with Crippen molar-refractivity contribution < 1.29 is 17.6 Å². The molecule has 0 spiro atoms. The number of aryl methyl sites for hydroxylation is 1. The summed E-state index contributed by atoms with van der Waals surface area (Å²) in [7, 11) is -3.68. The molecule has 182 valence electrons. The topological polar surface area (TPSA) is 83.7 Å². The van der Waals surface area contributed by atoms with Crippen molar-refractivity contribution >= 4 is 54.2 Å². The highest BCUT2D eigenvalue weighted by molar-refractivity contribution is 7.89. The van der Waals surface area contributed by atoms with Crippen molar-refractivity contribution in [3.05, 3.63) is 77.2 Å². The van der Waals surface area contributed by atoms with Crippen molar-refractivity contribution in [2.75, 3.05) is 18.0 Å². The zero-order valence-corrected chi connectivity index (χ0v) is 21.4. The van der Waals surface area contributed by atoms with E-state index in [1.165, 1.54) is 15.6 Å². The SMILES string of the molecule is Cc1c(Cl)ccc2sc(N(Cc3ccco3)C(=O)C3CCCN(S(=O)(=O)c4ccccc4)C3)nc12. The lowest BCUT2D eigenvalue weighted by Gasteiger charge is -2.33. The summed E-state index contributed by atoms with van der Waals surface area (Å²) in [5, 5.41) is 1.15. The molecule has 7 nitrogen and oxygen atoms in total. The Morgan fingerprint density at radius 2 is 2.00 bits per heavy atom. The van der Waals surface area contributed by atoms with E-state index in [0.717, 1.165) is 15.8 Å². The van der Waals surface area contributed by atoms with Gasteiger partial charge in [-0.1, -0.05) is 41.1 Å². The number of carbonyl (C=O) groups is 1. The average Bonchev–Trinajstić information content (AvgIpc) is 3.55. The number of fused-ring (bicyclic) bond motifs is 1. The first-order chi connectivity index (χ1) is 16.8. The Morgan fingerprint density at radius 3 is 2.74 bits per heavy atom. The van der Waals surface area contributed by atoms with E-state index >= 15 is 0 Å². The summed E-state index contributed by atoms with van der Waals surface area (Å²) in [6, 6.07) is 15.7. The standard InChI is InChI=1S/C25H24ClN3O4S2/c1-17-21(26)11-12-22-23(17)27-25(34-22)29(16-19-8-6-14-33-19)24(30)18-7-5-13-28(15-18)35(31,32)20-9-3-2-4-10-20/h2-4,6,8-12,14,18H,5,7,13,15-16H2,1H3. The van der Waals surface area contributed by atoms with Gasteiger partial charge in [0.05, 0.1) is 33.8 Å². The molecule has 1 aliphatic rings. The van der Waals surface area contributed by atoms with Crippen molar-refractivity contribution in [1.29, 1.82) is 0 Å². The van der Waals surface area contributed by atoms with Crippen molar-refractivity contribution in [1.82, 2.24) is 9.29 Å². The largest absolute Gasteiger partial charge is 0.467 e. The first kappa shape index (κ1) is 24.0. The average molecular weight is 530 g/mol. The number of halogens is 1. The van der Waals surface area contributed by atoms with Gasteiger partial charge in [0, 0.05) is 18.1 Å². The molecule has 1 atom stereocenters. The minimum atomic E-state index is -3.68. The molecule has 1 aliphatic heterocycles. The minimum absolute atomic E-state index is 0.125. The van der Waals surface area contributed by atoms with Crippen LogP contribution >= 0.6 is 22.9 Å².